The minimum atomic E-state index is -0.312. The first-order chi connectivity index (χ1) is 11.5. The molecular weight excluding hydrogens is 361 g/mol. The standard InChI is InChI=1S/C18H24ClN3O2.ClH/c1-12(20)15-7-4-5-9-21(15)18(24)13-10-17(23)22(11-13)16-8-3-2-6-14(16)19;/h2-3,6,8,12-13,15H,4-5,7,9-11,20H2,1H3;1H. The molecule has 3 atom stereocenters. The van der Waals surface area contributed by atoms with Crippen molar-refractivity contribution in [3.8, 4) is 0 Å². The predicted molar refractivity (Wildman–Crippen MR) is 102 cm³/mol. The lowest BCUT2D eigenvalue weighted by Gasteiger charge is -2.39. The van der Waals surface area contributed by atoms with Crippen LogP contribution in [0.5, 0.6) is 0 Å². The van der Waals surface area contributed by atoms with Gasteiger partial charge in [0.05, 0.1) is 16.6 Å². The minimum absolute atomic E-state index is 0. The SMILES string of the molecule is CC(N)C1CCCCN1C(=O)C1CC(=O)N(c2ccccc2Cl)C1.Cl. The molecule has 0 aromatic heterocycles. The highest BCUT2D eigenvalue weighted by Crippen LogP contribution is 2.32. The third-order valence-corrected chi connectivity index (χ3v) is 5.38. The van der Waals surface area contributed by atoms with E-state index in [1.165, 1.54) is 0 Å². The van der Waals surface area contributed by atoms with Crippen LogP contribution < -0.4 is 10.6 Å². The molecule has 5 nitrogen and oxygen atoms in total. The smallest absolute Gasteiger partial charge is 0.228 e. The van der Waals surface area contributed by atoms with Gasteiger partial charge in [0.25, 0.3) is 0 Å². The van der Waals surface area contributed by atoms with Gasteiger partial charge in [-0.1, -0.05) is 23.7 Å². The first-order valence-electron chi connectivity index (χ1n) is 8.60. The molecule has 0 saturated carbocycles. The second-order valence-corrected chi connectivity index (χ2v) is 7.22. The lowest BCUT2D eigenvalue weighted by molar-refractivity contribution is -0.139. The topological polar surface area (TPSA) is 66.6 Å². The zero-order chi connectivity index (χ0) is 17.3. The van der Waals surface area contributed by atoms with Crippen LogP contribution in [0.3, 0.4) is 0 Å². The Balaban J connectivity index is 0.00000225. The van der Waals surface area contributed by atoms with Gasteiger partial charge in [0.15, 0.2) is 0 Å². The van der Waals surface area contributed by atoms with Gasteiger partial charge < -0.3 is 15.5 Å². The Kier molecular flexibility index (Phi) is 6.72. The zero-order valence-electron chi connectivity index (χ0n) is 14.4. The summed E-state index contributed by atoms with van der Waals surface area (Å²) < 4.78 is 0. The van der Waals surface area contributed by atoms with Crippen LogP contribution in [0.1, 0.15) is 32.6 Å². The summed E-state index contributed by atoms with van der Waals surface area (Å²) in [5, 5.41) is 0.533. The van der Waals surface area contributed by atoms with Gasteiger partial charge in [-0.2, -0.15) is 0 Å². The average Bonchev–Trinajstić information content (AvgIpc) is 2.96. The molecule has 3 rings (SSSR count). The molecule has 0 aliphatic carbocycles. The fourth-order valence-electron chi connectivity index (χ4n) is 3.79. The number of rotatable bonds is 3. The van der Waals surface area contributed by atoms with Crippen LogP contribution in [0.4, 0.5) is 5.69 Å². The maximum absolute atomic E-state index is 13.0. The molecule has 1 aromatic carbocycles. The van der Waals surface area contributed by atoms with E-state index in [9.17, 15) is 9.59 Å². The molecule has 0 spiro atoms. The molecule has 0 radical (unpaired) electrons. The minimum Gasteiger partial charge on any atom is -0.338 e. The molecule has 138 valence electrons. The number of piperidine rings is 1. The maximum Gasteiger partial charge on any atom is 0.228 e. The van der Waals surface area contributed by atoms with E-state index in [0.717, 1.165) is 25.8 Å². The number of carbonyl (C=O) groups excluding carboxylic acids is 2. The number of halogens is 2. The summed E-state index contributed by atoms with van der Waals surface area (Å²) in [4.78, 5) is 28.9. The van der Waals surface area contributed by atoms with Crippen molar-refractivity contribution in [1.82, 2.24) is 4.90 Å². The van der Waals surface area contributed by atoms with Gasteiger partial charge in [0.2, 0.25) is 11.8 Å². The van der Waals surface area contributed by atoms with Crippen molar-refractivity contribution in [1.29, 1.82) is 0 Å². The summed E-state index contributed by atoms with van der Waals surface area (Å²) in [5.41, 5.74) is 6.75. The molecule has 2 heterocycles. The Labute approximate surface area is 159 Å². The molecule has 25 heavy (non-hydrogen) atoms. The van der Waals surface area contributed by atoms with Crippen LogP contribution >= 0.6 is 24.0 Å². The summed E-state index contributed by atoms with van der Waals surface area (Å²) in [6.45, 7) is 3.08. The number of carbonyl (C=O) groups is 2. The van der Waals surface area contributed by atoms with E-state index >= 15 is 0 Å². The van der Waals surface area contributed by atoms with Crippen molar-refractivity contribution in [3.05, 3.63) is 29.3 Å². The third kappa shape index (κ3) is 4.10. The molecule has 2 N–H and O–H groups in total. The number of nitrogens with two attached hydrogens (primary N) is 1. The molecule has 2 fully saturated rings. The number of nitrogens with zero attached hydrogens (tertiary/aromatic N) is 2. The summed E-state index contributed by atoms with van der Waals surface area (Å²) in [5.74, 6) is -0.302. The molecule has 1 aromatic rings. The highest BCUT2D eigenvalue weighted by molar-refractivity contribution is 6.33. The third-order valence-electron chi connectivity index (χ3n) is 5.06. The Bertz CT molecular complexity index is 639. The number of hydrogen-bond acceptors (Lipinski definition) is 3. The van der Waals surface area contributed by atoms with Crippen LogP contribution in [0.15, 0.2) is 24.3 Å². The fourth-order valence-corrected chi connectivity index (χ4v) is 4.03. The van der Waals surface area contributed by atoms with Gasteiger partial charge in [-0.25, -0.2) is 0 Å². The number of anilines is 1. The van der Waals surface area contributed by atoms with E-state index in [4.69, 9.17) is 17.3 Å². The Hall–Kier alpha value is -1.30. The normalized spacial score (nSPS) is 24.8. The summed E-state index contributed by atoms with van der Waals surface area (Å²) in [7, 11) is 0. The van der Waals surface area contributed by atoms with E-state index in [2.05, 4.69) is 0 Å². The van der Waals surface area contributed by atoms with Crippen LogP contribution in [0.2, 0.25) is 5.02 Å². The lowest BCUT2D eigenvalue weighted by Crippen LogP contribution is -2.53. The van der Waals surface area contributed by atoms with E-state index < -0.39 is 0 Å². The molecule has 0 bridgehead atoms. The van der Waals surface area contributed by atoms with Crippen LogP contribution in [0, 0.1) is 5.92 Å². The predicted octanol–water partition coefficient (Wildman–Crippen LogP) is 2.84. The Morgan fingerprint density at radius 2 is 2.04 bits per heavy atom. The number of likely N-dealkylation sites (tertiary alicyclic amines) is 1. The van der Waals surface area contributed by atoms with Crippen molar-refractivity contribution >= 4 is 41.5 Å². The van der Waals surface area contributed by atoms with Crippen LogP contribution in [-0.4, -0.2) is 41.9 Å². The number of para-hydroxylation sites is 1. The highest BCUT2D eigenvalue weighted by atomic mass is 35.5. The van der Waals surface area contributed by atoms with Gasteiger partial charge in [-0.15, -0.1) is 12.4 Å². The van der Waals surface area contributed by atoms with Crippen molar-refractivity contribution in [2.75, 3.05) is 18.0 Å². The summed E-state index contributed by atoms with van der Waals surface area (Å²) in [6, 6.07) is 7.28. The Morgan fingerprint density at radius 3 is 2.72 bits per heavy atom. The molecule has 2 saturated heterocycles. The highest BCUT2D eigenvalue weighted by Gasteiger charge is 2.40. The number of hydrogen-bond donors (Lipinski definition) is 1. The van der Waals surface area contributed by atoms with Crippen molar-refractivity contribution < 1.29 is 9.59 Å². The second-order valence-electron chi connectivity index (χ2n) is 6.81. The lowest BCUT2D eigenvalue weighted by atomic mass is 9.94. The fraction of sp³-hybridized carbons (Fsp3) is 0.556. The van der Waals surface area contributed by atoms with Gasteiger partial charge >= 0.3 is 0 Å². The Morgan fingerprint density at radius 1 is 1.32 bits per heavy atom. The number of amides is 2. The van der Waals surface area contributed by atoms with Crippen LogP contribution in [-0.2, 0) is 9.59 Å². The first kappa shape index (κ1) is 20.0. The van der Waals surface area contributed by atoms with Crippen molar-refractivity contribution in [2.45, 2.75) is 44.7 Å². The molecule has 3 unspecified atom stereocenters. The molecule has 7 heteroatoms. The van der Waals surface area contributed by atoms with E-state index in [-0.39, 0.29) is 48.6 Å². The van der Waals surface area contributed by atoms with E-state index in [1.807, 2.05) is 30.0 Å². The van der Waals surface area contributed by atoms with Crippen LogP contribution in [0.25, 0.3) is 0 Å². The first-order valence-corrected chi connectivity index (χ1v) is 8.98. The second kappa shape index (κ2) is 8.39. The molecule has 2 amide bonds. The monoisotopic (exact) mass is 385 g/mol. The van der Waals surface area contributed by atoms with Gasteiger partial charge in [-0.3, -0.25) is 9.59 Å². The van der Waals surface area contributed by atoms with Gasteiger partial charge in [-0.05, 0) is 38.3 Å². The molecular formula is C18H25Cl2N3O2. The van der Waals surface area contributed by atoms with Crippen molar-refractivity contribution in [3.63, 3.8) is 0 Å². The van der Waals surface area contributed by atoms with Gasteiger partial charge in [0.1, 0.15) is 0 Å². The summed E-state index contributed by atoms with van der Waals surface area (Å²) in [6.07, 6.45) is 3.29. The average molecular weight is 386 g/mol. The van der Waals surface area contributed by atoms with Gasteiger partial charge in [0, 0.05) is 31.6 Å². The quantitative estimate of drug-likeness (QED) is 0.869. The largest absolute Gasteiger partial charge is 0.338 e. The molecule has 2 aliphatic rings. The summed E-state index contributed by atoms with van der Waals surface area (Å²) >= 11 is 6.20. The zero-order valence-corrected chi connectivity index (χ0v) is 15.9. The van der Waals surface area contributed by atoms with Crippen molar-refractivity contribution in [2.24, 2.45) is 11.7 Å². The van der Waals surface area contributed by atoms with E-state index in [0.29, 0.717) is 17.3 Å². The number of benzene rings is 1. The molecule has 2 aliphatic heterocycles. The maximum atomic E-state index is 13.0. The van der Waals surface area contributed by atoms with E-state index in [1.54, 1.807) is 11.0 Å².